The van der Waals surface area contributed by atoms with E-state index in [1.165, 1.54) is 6.08 Å². The van der Waals surface area contributed by atoms with E-state index in [2.05, 4.69) is 10.6 Å². The molecular weight excluding hydrogens is 408 g/mol. The van der Waals surface area contributed by atoms with Crippen molar-refractivity contribution in [1.29, 1.82) is 0 Å². The van der Waals surface area contributed by atoms with E-state index < -0.39 is 0 Å². The summed E-state index contributed by atoms with van der Waals surface area (Å²) < 4.78 is 11.3. The number of anilines is 1. The van der Waals surface area contributed by atoms with Crippen molar-refractivity contribution >= 4 is 35.0 Å². The smallest absolute Gasteiger partial charge is 0.250 e. The van der Waals surface area contributed by atoms with Crippen LogP contribution in [-0.2, 0) is 11.4 Å². The van der Waals surface area contributed by atoms with Crippen molar-refractivity contribution < 1.29 is 14.3 Å². The van der Waals surface area contributed by atoms with Gasteiger partial charge in [-0.2, -0.15) is 0 Å². The summed E-state index contributed by atoms with van der Waals surface area (Å²) in [6, 6.07) is 24.8. The Morgan fingerprint density at radius 3 is 2.39 bits per heavy atom. The SMILES string of the molecule is CCOc1ccc(/C=C/C(=O)NC(=S)Nc2ccccc2OCc2ccccc2)cc1. The molecule has 158 valence electrons. The van der Waals surface area contributed by atoms with Gasteiger partial charge in [-0.1, -0.05) is 54.6 Å². The van der Waals surface area contributed by atoms with Gasteiger partial charge < -0.3 is 14.8 Å². The zero-order valence-corrected chi connectivity index (χ0v) is 18.0. The quantitative estimate of drug-likeness (QED) is 0.379. The van der Waals surface area contributed by atoms with Crippen LogP contribution in [0.15, 0.2) is 84.9 Å². The molecule has 5 nitrogen and oxygen atoms in total. The lowest BCUT2D eigenvalue weighted by Crippen LogP contribution is -2.32. The Bertz CT molecular complexity index is 1030. The number of carbonyl (C=O) groups is 1. The second kappa shape index (κ2) is 11.5. The van der Waals surface area contributed by atoms with Crippen LogP contribution in [0.1, 0.15) is 18.1 Å². The van der Waals surface area contributed by atoms with Gasteiger partial charge in [-0.25, -0.2) is 0 Å². The van der Waals surface area contributed by atoms with Crippen molar-refractivity contribution in [2.45, 2.75) is 13.5 Å². The highest BCUT2D eigenvalue weighted by Gasteiger charge is 2.07. The molecular formula is C25H24N2O3S. The number of nitrogens with one attached hydrogen (secondary N) is 2. The molecule has 0 bridgehead atoms. The van der Waals surface area contributed by atoms with E-state index in [-0.39, 0.29) is 11.0 Å². The molecule has 31 heavy (non-hydrogen) atoms. The highest BCUT2D eigenvalue weighted by molar-refractivity contribution is 7.80. The lowest BCUT2D eigenvalue weighted by atomic mass is 10.2. The molecule has 0 fully saturated rings. The minimum atomic E-state index is -0.325. The maximum atomic E-state index is 12.2. The Morgan fingerprint density at radius 1 is 0.935 bits per heavy atom. The summed E-state index contributed by atoms with van der Waals surface area (Å²) in [6.07, 6.45) is 3.14. The van der Waals surface area contributed by atoms with Crippen LogP contribution in [0.5, 0.6) is 11.5 Å². The van der Waals surface area contributed by atoms with E-state index in [1.807, 2.05) is 85.8 Å². The van der Waals surface area contributed by atoms with Crippen LogP contribution in [0.3, 0.4) is 0 Å². The van der Waals surface area contributed by atoms with Crippen LogP contribution >= 0.6 is 12.2 Å². The van der Waals surface area contributed by atoms with E-state index in [0.29, 0.717) is 24.7 Å². The molecule has 0 aliphatic rings. The van der Waals surface area contributed by atoms with Gasteiger partial charge in [0.25, 0.3) is 0 Å². The predicted octanol–water partition coefficient (Wildman–Crippen LogP) is 5.19. The second-order valence-corrected chi connectivity index (χ2v) is 6.96. The van der Waals surface area contributed by atoms with Crippen molar-refractivity contribution in [2.24, 2.45) is 0 Å². The van der Waals surface area contributed by atoms with Gasteiger partial charge in [-0.3, -0.25) is 10.1 Å². The number of thiocarbonyl (C=S) groups is 1. The van der Waals surface area contributed by atoms with E-state index in [4.69, 9.17) is 21.7 Å². The molecule has 0 heterocycles. The van der Waals surface area contributed by atoms with E-state index >= 15 is 0 Å². The summed E-state index contributed by atoms with van der Waals surface area (Å²) >= 11 is 5.28. The fraction of sp³-hybridized carbons (Fsp3) is 0.120. The van der Waals surface area contributed by atoms with Gasteiger partial charge in [0.15, 0.2) is 5.11 Å². The van der Waals surface area contributed by atoms with Gasteiger partial charge in [0.1, 0.15) is 18.1 Å². The highest BCUT2D eigenvalue weighted by Crippen LogP contribution is 2.24. The van der Waals surface area contributed by atoms with Crippen LogP contribution in [0.4, 0.5) is 5.69 Å². The average molecular weight is 433 g/mol. The van der Waals surface area contributed by atoms with Crippen molar-refractivity contribution in [3.8, 4) is 11.5 Å². The third-order valence-corrected chi connectivity index (χ3v) is 4.43. The van der Waals surface area contributed by atoms with Crippen molar-refractivity contribution in [3.05, 3.63) is 96.1 Å². The van der Waals surface area contributed by atoms with Crippen LogP contribution in [0.25, 0.3) is 6.08 Å². The fourth-order valence-corrected chi connectivity index (χ4v) is 2.96. The minimum Gasteiger partial charge on any atom is -0.494 e. The first kappa shape index (κ1) is 22.1. The number of amides is 1. The third-order valence-electron chi connectivity index (χ3n) is 4.23. The largest absolute Gasteiger partial charge is 0.494 e. The standard InChI is InChI=1S/C25H24N2O3S/c1-2-29-21-15-12-19(13-16-21)14-17-24(28)27-25(31)26-22-10-6-7-11-23(22)30-18-20-8-4-3-5-9-20/h3-17H,2,18H2,1H3,(H2,26,27,28,31)/b17-14+. The molecule has 0 saturated heterocycles. The van der Waals surface area contributed by atoms with E-state index in [0.717, 1.165) is 16.9 Å². The maximum Gasteiger partial charge on any atom is 0.250 e. The molecule has 1 amide bonds. The molecule has 0 unspecified atom stereocenters. The number of rotatable bonds is 8. The molecule has 3 rings (SSSR count). The Hall–Kier alpha value is -3.64. The first-order valence-corrected chi connectivity index (χ1v) is 10.3. The number of carbonyl (C=O) groups excluding carboxylic acids is 1. The van der Waals surface area contributed by atoms with Gasteiger partial charge in [0.2, 0.25) is 5.91 Å². The monoisotopic (exact) mass is 432 g/mol. The summed E-state index contributed by atoms with van der Waals surface area (Å²) in [5.41, 5.74) is 2.63. The number of benzene rings is 3. The zero-order chi connectivity index (χ0) is 21.9. The zero-order valence-electron chi connectivity index (χ0n) is 17.2. The van der Waals surface area contributed by atoms with Crippen LogP contribution < -0.4 is 20.1 Å². The number of ether oxygens (including phenoxy) is 2. The Morgan fingerprint density at radius 2 is 1.65 bits per heavy atom. The lowest BCUT2D eigenvalue weighted by molar-refractivity contribution is -0.115. The summed E-state index contributed by atoms with van der Waals surface area (Å²) in [5, 5.41) is 5.86. The highest BCUT2D eigenvalue weighted by atomic mass is 32.1. The summed E-state index contributed by atoms with van der Waals surface area (Å²) in [5.74, 6) is 1.12. The van der Waals surface area contributed by atoms with Crippen LogP contribution in [0, 0.1) is 0 Å². The first-order valence-electron chi connectivity index (χ1n) is 9.92. The van der Waals surface area contributed by atoms with E-state index in [9.17, 15) is 4.79 Å². The molecule has 6 heteroatoms. The number of hydrogen-bond acceptors (Lipinski definition) is 4. The van der Waals surface area contributed by atoms with Gasteiger partial charge in [0.05, 0.1) is 12.3 Å². The Labute approximate surface area is 187 Å². The average Bonchev–Trinajstić information content (AvgIpc) is 2.79. The third kappa shape index (κ3) is 7.28. The minimum absolute atomic E-state index is 0.192. The number of para-hydroxylation sites is 2. The van der Waals surface area contributed by atoms with Crippen molar-refractivity contribution in [3.63, 3.8) is 0 Å². The topological polar surface area (TPSA) is 59.6 Å². The summed E-state index contributed by atoms with van der Waals surface area (Å²) in [4.78, 5) is 12.2. The van der Waals surface area contributed by atoms with Crippen LogP contribution in [0.2, 0.25) is 0 Å². The van der Waals surface area contributed by atoms with Crippen LogP contribution in [-0.4, -0.2) is 17.6 Å². The maximum absolute atomic E-state index is 12.2. The lowest BCUT2D eigenvalue weighted by Gasteiger charge is -2.14. The van der Waals surface area contributed by atoms with Gasteiger partial charge in [-0.05, 0) is 60.6 Å². The van der Waals surface area contributed by atoms with Crippen molar-refractivity contribution in [1.82, 2.24) is 5.32 Å². The molecule has 0 aromatic heterocycles. The molecule has 0 aliphatic carbocycles. The van der Waals surface area contributed by atoms with Gasteiger partial charge >= 0.3 is 0 Å². The predicted molar refractivity (Wildman–Crippen MR) is 128 cm³/mol. The Balaban J connectivity index is 1.53. The first-order chi connectivity index (χ1) is 15.1. The summed E-state index contributed by atoms with van der Waals surface area (Å²) in [6.45, 7) is 2.98. The molecule has 3 aromatic carbocycles. The molecule has 0 atom stereocenters. The summed E-state index contributed by atoms with van der Waals surface area (Å²) in [7, 11) is 0. The molecule has 0 aliphatic heterocycles. The normalized spacial score (nSPS) is 10.5. The second-order valence-electron chi connectivity index (χ2n) is 6.55. The molecule has 0 spiro atoms. The van der Waals surface area contributed by atoms with E-state index in [1.54, 1.807) is 6.08 Å². The molecule has 3 aromatic rings. The molecule has 0 radical (unpaired) electrons. The fourth-order valence-electron chi connectivity index (χ4n) is 2.75. The van der Waals surface area contributed by atoms with Crippen molar-refractivity contribution in [2.75, 3.05) is 11.9 Å². The molecule has 2 N–H and O–H groups in total. The van der Waals surface area contributed by atoms with Gasteiger partial charge in [0, 0.05) is 6.08 Å². The molecule has 0 saturated carbocycles. The Kier molecular flexibility index (Phi) is 8.20. The van der Waals surface area contributed by atoms with Gasteiger partial charge in [-0.15, -0.1) is 0 Å². The number of hydrogen-bond donors (Lipinski definition) is 2.